The molecule has 9 unspecified atom stereocenters. The van der Waals surface area contributed by atoms with Gasteiger partial charge in [0, 0.05) is 24.6 Å². The van der Waals surface area contributed by atoms with Crippen LogP contribution in [0.5, 0.6) is 34.5 Å². The minimum atomic E-state index is -2.40. The number of ether oxygens (including phenoxy) is 6. The van der Waals surface area contributed by atoms with E-state index in [0.717, 1.165) is 42.5 Å². The van der Waals surface area contributed by atoms with Crippen LogP contribution in [0.4, 0.5) is 0 Å². The SMILES string of the molecule is CNC(=O)[C@H]1NC(=O)[C@H]2NC(=O)[C@H](NC(=O)[C@@H]3NC(=O)[C@H](CC(N)=O)NC(=O)[C@H](NC(=O)[C@@H](CC(C)C)NC)[C@H](O)c4ccc(c(Cl)c4)Oc4cc3cc(c4OC3OC(CO)C(O)C(O)C3OC3CC(C)(N)C(O)C(C)O3)Oc3ccc(cc3Cl)[C@H]2O)c2cccc(c2)-c2c(C(O)O)cc(O)cc21. The second-order valence-electron chi connectivity index (χ2n) is 26.3. The maximum atomic E-state index is 16.1. The molecule has 0 saturated carbocycles. The largest absolute Gasteiger partial charge is 0.508 e. The molecule has 8 amide bonds. The van der Waals surface area contributed by atoms with E-state index in [1.807, 2.05) is 13.8 Å². The molecule has 2 fully saturated rings. The van der Waals surface area contributed by atoms with Gasteiger partial charge in [-0.05, 0) is 127 Å². The fourth-order valence-corrected chi connectivity index (χ4v) is 13.3. The van der Waals surface area contributed by atoms with Crippen LogP contribution in [-0.2, 0) is 52.6 Å². The minimum absolute atomic E-state index is 0.0332. The predicted octanol–water partition coefficient (Wildman–Crippen LogP) is -0.660. The maximum Gasteiger partial charge on any atom is 0.248 e. The van der Waals surface area contributed by atoms with Crippen molar-refractivity contribution in [2.45, 2.75) is 162 Å². The Hall–Kier alpha value is -8.88. The Bertz CT molecular complexity index is 4100. The standard InChI is InChI=1S/C68H80Cl2N10O23/c1-25(2)14-37(73-5)59(89)79-50-52(84)29-10-12-39(35(69)16-29)99-41-18-31-19-42(56(41)103-67-57(55(87)54(86)43(24-81)101-67)102-45-23-68(4,72)58(88)26(3)98-45)100-40-13-11-30(17-36(40)70)53(85)51-65(95)78-49(61(91)74-6)33-20-32(82)21-34(66(96)97)46(33)27-8-7-9-28(15-27)47(62(92)80-51)77-63(93)48(31)76-60(90)38(22-44(71)83)75-64(50)94/h7-13,15-21,25-26,37-38,43,45,47-55,57-58,66-67,73,81-82,84-88,96-97H,14,22-24,72H2,1-6H3,(H2,71,83)(H,74,91)(H,75,94)(H,76,90)(H,77,93)(H,78,95)(H,79,89)(H,80,92)/t26?,37-,38+,43?,45?,47-,48-,49+,50-,51+,52-,53-,54?,55?,57?,58?,67?,68?/m1/s1. The molecule has 2 saturated heterocycles. The second kappa shape index (κ2) is 31.6. The molecule has 12 rings (SSSR count). The number of hydrogen-bond donors (Lipinski definition) is 19. The third-order valence-electron chi connectivity index (χ3n) is 18.2. The van der Waals surface area contributed by atoms with Crippen molar-refractivity contribution >= 4 is 70.5 Å². The molecule has 5 aromatic rings. The zero-order valence-electron chi connectivity index (χ0n) is 56.0. The molecule has 7 heterocycles. The maximum absolute atomic E-state index is 16.1. The molecule has 21 N–H and O–H groups in total. The topological polar surface area (TPSA) is 522 Å². The van der Waals surface area contributed by atoms with Gasteiger partial charge < -0.3 is 128 Å². The molecule has 18 atom stereocenters. The number of phenols is 1. The number of halogens is 2. The minimum Gasteiger partial charge on any atom is -0.508 e. The van der Waals surface area contributed by atoms with E-state index in [1.165, 1.54) is 70.4 Å². The van der Waals surface area contributed by atoms with Gasteiger partial charge in [0.25, 0.3) is 0 Å². The van der Waals surface area contributed by atoms with Crippen molar-refractivity contribution in [3.63, 3.8) is 0 Å². The average Bonchev–Trinajstić information content (AvgIpc) is 0.768. The van der Waals surface area contributed by atoms with Gasteiger partial charge in [-0.25, -0.2) is 0 Å². The fourth-order valence-electron chi connectivity index (χ4n) is 12.9. The van der Waals surface area contributed by atoms with Crippen LogP contribution in [0.2, 0.25) is 10.0 Å². The highest BCUT2D eigenvalue weighted by Crippen LogP contribution is 2.49. The third-order valence-corrected chi connectivity index (χ3v) is 18.8. The van der Waals surface area contributed by atoms with E-state index in [-0.39, 0.29) is 68.7 Å². The van der Waals surface area contributed by atoms with Gasteiger partial charge in [-0.2, -0.15) is 0 Å². The zero-order valence-corrected chi connectivity index (χ0v) is 57.5. The summed E-state index contributed by atoms with van der Waals surface area (Å²) in [7, 11) is 2.69. The van der Waals surface area contributed by atoms with Crippen LogP contribution in [-0.4, -0.2) is 193 Å². The van der Waals surface area contributed by atoms with Gasteiger partial charge >= 0.3 is 0 Å². The molecule has 0 aliphatic carbocycles. The molecular formula is C68H80Cl2N10O23. The molecule has 554 valence electrons. The van der Waals surface area contributed by atoms with Gasteiger partial charge in [0.2, 0.25) is 59.3 Å². The van der Waals surface area contributed by atoms with E-state index in [2.05, 4.69) is 42.5 Å². The van der Waals surface area contributed by atoms with Crippen molar-refractivity contribution in [1.82, 2.24) is 42.5 Å². The summed E-state index contributed by atoms with van der Waals surface area (Å²) in [4.78, 5) is 118. The Kier molecular flexibility index (Phi) is 23.6. The molecule has 0 aromatic heterocycles. The normalized spacial score (nSPS) is 29.1. The summed E-state index contributed by atoms with van der Waals surface area (Å²) in [5.74, 6) is -12.9. The summed E-state index contributed by atoms with van der Waals surface area (Å²) < 4.78 is 38.5. The molecule has 11 bridgehead atoms. The van der Waals surface area contributed by atoms with Crippen molar-refractivity contribution in [1.29, 1.82) is 0 Å². The first-order chi connectivity index (χ1) is 48.7. The summed E-state index contributed by atoms with van der Waals surface area (Å²) in [6.07, 6.45) is -20.7. The fraction of sp³-hybridized carbons (Fsp3) is 0.441. The molecule has 33 nitrogen and oxygen atoms in total. The van der Waals surface area contributed by atoms with E-state index < -0.39 is 215 Å². The molecule has 0 spiro atoms. The number of rotatable bonds is 14. The number of carbonyl (C=O) groups is 8. The number of aromatic hydroxyl groups is 1. The van der Waals surface area contributed by atoms with Gasteiger partial charge in [-0.3, -0.25) is 38.4 Å². The molecule has 0 radical (unpaired) electrons. The van der Waals surface area contributed by atoms with Crippen LogP contribution in [0.15, 0.2) is 84.9 Å². The van der Waals surface area contributed by atoms with Gasteiger partial charge in [0.1, 0.15) is 84.0 Å². The number of aliphatic hydroxyl groups is 8. The highest BCUT2D eigenvalue weighted by atomic mass is 35.5. The lowest BCUT2D eigenvalue weighted by atomic mass is 9.86. The second-order valence-corrected chi connectivity index (χ2v) is 27.1. The Balaban J connectivity index is 1.24. The van der Waals surface area contributed by atoms with E-state index >= 15 is 19.2 Å². The zero-order chi connectivity index (χ0) is 75.0. The predicted molar refractivity (Wildman–Crippen MR) is 360 cm³/mol. The summed E-state index contributed by atoms with van der Waals surface area (Å²) in [6, 6.07) is 2.89. The Morgan fingerprint density at radius 3 is 1.93 bits per heavy atom. The van der Waals surface area contributed by atoms with Crippen molar-refractivity contribution in [2.24, 2.45) is 17.4 Å². The van der Waals surface area contributed by atoms with E-state index in [1.54, 1.807) is 0 Å². The number of likely N-dealkylation sites (N-methyl/N-ethyl adjacent to an activating group) is 2. The summed E-state index contributed by atoms with van der Waals surface area (Å²) in [6.45, 7) is 5.71. The number of aliphatic hydroxyl groups excluding tert-OH is 7. The molecule has 7 aliphatic heterocycles. The average molecular weight is 1480 g/mol. The van der Waals surface area contributed by atoms with Crippen LogP contribution >= 0.6 is 23.2 Å². The first-order valence-corrected chi connectivity index (χ1v) is 33.3. The van der Waals surface area contributed by atoms with Crippen LogP contribution in [0.3, 0.4) is 0 Å². The molecule has 7 aliphatic rings. The van der Waals surface area contributed by atoms with E-state index in [0.29, 0.717) is 0 Å². The highest BCUT2D eigenvalue weighted by Gasteiger charge is 2.51. The Morgan fingerprint density at radius 1 is 0.728 bits per heavy atom. The van der Waals surface area contributed by atoms with E-state index in [4.69, 9.17) is 63.1 Å². The molecule has 5 aromatic carbocycles. The first kappa shape index (κ1) is 76.8. The molecule has 35 heteroatoms. The Labute approximate surface area is 597 Å². The van der Waals surface area contributed by atoms with Crippen molar-refractivity contribution in [2.75, 3.05) is 20.7 Å². The summed E-state index contributed by atoms with van der Waals surface area (Å²) in [5, 5.41) is 122. The smallest absolute Gasteiger partial charge is 0.248 e. The molecular weight excluding hydrogens is 1400 g/mol. The third kappa shape index (κ3) is 16.6. The number of benzene rings is 5. The van der Waals surface area contributed by atoms with Crippen molar-refractivity contribution in [3.05, 3.63) is 128 Å². The number of phenolic OH excluding ortho intramolecular Hbond substituents is 1. The summed E-state index contributed by atoms with van der Waals surface area (Å²) >= 11 is 14.2. The number of nitrogens with one attached hydrogen (secondary N) is 8. The van der Waals surface area contributed by atoms with Crippen LogP contribution in [0.1, 0.15) is 117 Å². The highest BCUT2D eigenvalue weighted by molar-refractivity contribution is 6.32. The number of hydrogen-bond acceptors (Lipinski definition) is 25. The quantitative estimate of drug-likeness (QED) is 0.0614. The lowest BCUT2D eigenvalue weighted by molar-refractivity contribution is -0.333. The van der Waals surface area contributed by atoms with Gasteiger partial charge in [-0.1, -0.05) is 67.4 Å². The van der Waals surface area contributed by atoms with Crippen LogP contribution in [0, 0.1) is 5.92 Å². The number of nitrogens with two attached hydrogens (primary N) is 2. The van der Waals surface area contributed by atoms with E-state index in [9.17, 15) is 65.1 Å². The Morgan fingerprint density at radius 2 is 1.35 bits per heavy atom. The number of primary amides is 1. The van der Waals surface area contributed by atoms with Gasteiger partial charge in [0.05, 0.1) is 41.3 Å². The summed E-state index contributed by atoms with van der Waals surface area (Å²) in [5.41, 5.74) is 8.96. The van der Waals surface area contributed by atoms with Gasteiger partial charge in [0.15, 0.2) is 30.2 Å². The molecule has 103 heavy (non-hydrogen) atoms. The van der Waals surface area contributed by atoms with Crippen LogP contribution < -0.4 is 68.2 Å². The first-order valence-electron chi connectivity index (χ1n) is 32.6. The number of carbonyl (C=O) groups excluding carboxylic acids is 8. The lowest BCUT2D eigenvalue weighted by Gasteiger charge is -2.47. The number of fused-ring (bicyclic) bond motifs is 15. The monoisotopic (exact) mass is 1470 g/mol. The number of amides is 8. The van der Waals surface area contributed by atoms with Crippen LogP contribution in [0.25, 0.3) is 11.1 Å². The van der Waals surface area contributed by atoms with Crippen molar-refractivity contribution in [3.8, 4) is 45.6 Å². The van der Waals surface area contributed by atoms with Crippen molar-refractivity contribution < 1.29 is 113 Å². The van der Waals surface area contributed by atoms with Gasteiger partial charge in [-0.15, -0.1) is 0 Å². The lowest BCUT2D eigenvalue weighted by Crippen LogP contribution is -2.64.